The number of hydrogen-bond donors (Lipinski definition) is 1. The fourth-order valence-corrected chi connectivity index (χ4v) is 4.99. The van der Waals surface area contributed by atoms with Crippen LogP contribution in [0.1, 0.15) is 17.5 Å². The molecule has 7 nitrogen and oxygen atoms in total. The van der Waals surface area contributed by atoms with Crippen LogP contribution < -0.4 is 15.0 Å². The third kappa shape index (κ3) is 5.25. The van der Waals surface area contributed by atoms with Crippen molar-refractivity contribution in [3.05, 3.63) is 93.3 Å². The van der Waals surface area contributed by atoms with Gasteiger partial charge in [0.15, 0.2) is 0 Å². The molecule has 0 amide bonds. The Morgan fingerprint density at radius 2 is 1.58 bits per heavy atom. The molecule has 0 spiro atoms. The second-order valence-electron chi connectivity index (χ2n) is 8.32. The molecule has 1 aromatic heterocycles. The summed E-state index contributed by atoms with van der Waals surface area (Å²) >= 11 is 19.3. The van der Waals surface area contributed by atoms with Gasteiger partial charge in [0.2, 0.25) is 5.89 Å². The van der Waals surface area contributed by atoms with Gasteiger partial charge in [-0.15, -0.1) is 5.10 Å². The molecule has 5 rings (SSSR count). The fourth-order valence-electron chi connectivity index (χ4n) is 4.33. The van der Waals surface area contributed by atoms with E-state index in [2.05, 4.69) is 25.3 Å². The Bertz CT molecular complexity index is 1320. The monoisotopic (exact) mass is 543 g/mol. The minimum Gasteiger partial charge on any atom is -0.497 e. The largest absolute Gasteiger partial charge is 0.497 e. The van der Waals surface area contributed by atoms with Crippen LogP contribution in [0.5, 0.6) is 5.75 Å². The maximum Gasteiger partial charge on any atom is 0.320 e. The molecule has 3 aromatic carbocycles. The number of nitrogens with zero attached hydrogens (tertiary/aromatic N) is 4. The summed E-state index contributed by atoms with van der Waals surface area (Å²) in [7, 11) is 1.63. The van der Waals surface area contributed by atoms with Gasteiger partial charge in [0.25, 0.3) is 0 Å². The van der Waals surface area contributed by atoms with Crippen molar-refractivity contribution in [2.45, 2.75) is 6.04 Å². The van der Waals surface area contributed by atoms with Crippen LogP contribution in [0, 0.1) is 0 Å². The SMILES string of the molecule is COc1ccc(Nc2nnc(C(c3ccccc3Cl)N3CCN(c4cccc(Cl)c4Cl)CC3)o2)cc1. The van der Waals surface area contributed by atoms with Crippen LogP contribution in [0.2, 0.25) is 15.1 Å². The van der Waals surface area contributed by atoms with E-state index in [-0.39, 0.29) is 6.04 Å². The normalized spacial score (nSPS) is 15.1. The van der Waals surface area contributed by atoms with Gasteiger partial charge in [0, 0.05) is 36.9 Å². The van der Waals surface area contributed by atoms with Crippen molar-refractivity contribution < 1.29 is 9.15 Å². The molecule has 0 bridgehead atoms. The summed E-state index contributed by atoms with van der Waals surface area (Å²) in [5, 5.41) is 13.5. The highest BCUT2D eigenvalue weighted by Crippen LogP contribution is 2.37. The Kier molecular flexibility index (Phi) is 7.53. The lowest BCUT2D eigenvalue weighted by atomic mass is 10.0. The van der Waals surface area contributed by atoms with Gasteiger partial charge >= 0.3 is 6.01 Å². The summed E-state index contributed by atoms with van der Waals surface area (Å²) in [4.78, 5) is 4.53. The Morgan fingerprint density at radius 1 is 0.861 bits per heavy atom. The highest BCUT2D eigenvalue weighted by Gasteiger charge is 2.32. The zero-order valence-corrected chi connectivity index (χ0v) is 21.8. The molecular formula is C26H24Cl3N5O2. The van der Waals surface area contributed by atoms with Crippen molar-refractivity contribution in [3.63, 3.8) is 0 Å². The number of methoxy groups -OCH3 is 1. The summed E-state index contributed by atoms with van der Waals surface area (Å²) in [6, 6.07) is 20.9. The van der Waals surface area contributed by atoms with Gasteiger partial charge in [-0.25, -0.2) is 0 Å². The molecule has 36 heavy (non-hydrogen) atoms. The van der Waals surface area contributed by atoms with Crippen molar-refractivity contribution in [1.29, 1.82) is 0 Å². The Hall–Kier alpha value is -2.97. The van der Waals surface area contributed by atoms with Crippen molar-refractivity contribution in [2.75, 3.05) is 43.5 Å². The highest BCUT2D eigenvalue weighted by molar-refractivity contribution is 6.43. The molecule has 1 aliphatic heterocycles. The van der Waals surface area contributed by atoms with Crippen LogP contribution in [0.25, 0.3) is 0 Å². The van der Waals surface area contributed by atoms with E-state index >= 15 is 0 Å². The van der Waals surface area contributed by atoms with Crippen LogP contribution in [-0.4, -0.2) is 48.4 Å². The standard InChI is InChI=1S/C26H24Cl3N5O2/c1-35-18-11-9-17(10-12-18)30-26-32-31-25(36-26)24(19-5-2-3-6-20(19)27)34-15-13-33(14-16-34)22-8-4-7-21(28)23(22)29/h2-12,24H,13-16H2,1H3,(H,30,32). The van der Waals surface area contributed by atoms with E-state index in [0.717, 1.165) is 48.9 Å². The predicted molar refractivity (Wildman–Crippen MR) is 144 cm³/mol. The van der Waals surface area contributed by atoms with Crippen LogP contribution in [0.3, 0.4) is 0 Å². The number of piperazine rings is 1. The van der Waals surface area contributed by atoms with Gasteiger partial charge in [-0.2, -0.15) is 0 Å². The minimum atomic E-state index is -0.297. The van der Waals surface area contributed by atoms with E-state index in [9.17, 15) is 0 Å². The van der Waals surface area contributed by atoms with E-state index in [1.54, 1.807) is 13.2 Å². The van der Waals surface area contributed by atoms with Crippen LogP contribution in [0.4, 0.5) is 17.4 Å². The van der Waals surface area contributed by atoms with E-state index in [0.29, 0.717) is 27.0 Å². The second-order valence-corrected chi connectivity index (χ2v) is 9.51. The van der Waals surface area contributed by atoms with Gasteiger partial charge < -0.3 is 19.4 Å². The first-order valence-corrected chi connectivity index (χ1v) is 12.6. The number of rotatable bonds is 7. The average molecular weight is 545 g/mol. The van der Waals surface area contributed by atoms with Gasteiger partial charge in [-0.3, -0.25) is 4.90 Å². The number of hydrogen-bond acceptors (Lipinski definition) is 7. The van der Waals surface area contributed by atoms with Gasteiger partial charge in [-0.05, 0) is 48.0 Å². The third-order valence-electron chi connectivity index (χ3n) is 6.17. The smallest absolute Gasteiger partial charge is 0.320 e. The highest BCUT2D eigenvalue weighted by atomic mass is 35.5. The summed E-state index contributed by atoms with van der Waals surface area (Å²) in [5.41, 5.74) is 2.65. The molecule has 2 heterocycles. The summed E-state index contributed by atoms with van der Waals surface area (Å²) in [5.74, 6) is 1.23. The first kappa shape index (κ1) is 24.7. The van der Waals surface area contributed by atoms with E-state index in [1.807, 2.05) is 60.7 Å². The third-order valence-corrected chi connectivity index (χ3v) is 7.32. The number of nitrogens with one attached hydrogen (secondary N) is 1. The lowest BCUT2D eigenvalue weighted by Crippen LogP contribution is -2.48. The quantitative estimate of drug-likeness (QED) is 0.278. The van der Waals surface area contributed by atoms with Crippen molar-refractivity contribution >= 4 is 52.2 Å². The maximum atomic E-state index is 6.63. The number of ether oxygens (including phenoxy) is 1. The zero-order chi connectivity index (χ0) is 25.1. The predicted octanol–water partition coefficient (Wildman–Crippen LogP) is 6.69. The molecule has 0 saturated carbocycles. The first-order chi connectivity index (χ1) is 17.5. The zero-order valence-electron chi connectivity index (χ0n) is 19.5. The second kappa shape index (κ2) is 11.0. The van der Waals surface area contributed by atoms with Gasteiger partial charge in [-0.1, -0.05) is 64.2 Å². The number of aromatic nitrogens is 2. The Balaban J connectivity index is 1.38. The number of halogens is 3. The lowest BCUT2D eigenvalue weighted by molar-refractivity contribution is 0.188. The summed E-state index contributed by atoms with van der Waals surface area (Å²) in [6.07, 6.45) is 0. The molecule has 1 N–H and O–H groups in total. The molecule has 1 aliphatic rings. The summed E-state index contributed by atoms with van der Waals surface area (Å²) in [6.45, 7) is 2.99. The van der Waals surface area contributed by atoms with E-state index in [4.69, 9.17) is 44.0 Å². The van der Waals surface area contributed by atoms with Crippen LogP contribution in [0.15, 0.2) is 71.1 Å². The molecule has 1 atom stereocenters. The Labute approximate surface area is 224 Å². The van der Waals surface area contributed by atoms with Crippen molar-refractivity contribution in [3.8, 4) is 5.75 Å². The fraction of sp³-hybridized carbons (Fsp3) is 0.231. The van der Waals surface area contributed by atoms with Crippen molar-refractivity contribution in [2.24, 2.45) is 0 Å². The van der Waals surface area contributed by atoms with E-state index < -0.39 is 0 Å². The molecule has 4 aromatic rings. The molecule has 1 fully saturated rings. The number of anilines is 3. The summed E-state index contributed by atoms with van der Waals surface area (Å²) < 4.78 is 11.3. The molecule has 1 saturated heterocycles. The molecule has 1 unspecified atom stereocenters. The van der Waals surface area contributed by atoms with E-state index in [1.165, 1.54) is 0 Å². The topological polar surface area (TPSA) is 66.7 Å². The average Bonchev–Trinajstić information content (AvgIpc) is 3.36. The van der Waals surface area contributed by atoms with Gasteiger partial charge in [0.05, 0.1) is 22.8 Å². The molecule has 186 valence electrons. The molecule has 0 radical (unpaired) electrons. The molecular weight excluding hydrogens is 521 g/mol. The first-order valence-electron chi connectivity index (χ1n) is 11.5. The van der Waals surface area contributed by atoms with Crippen LogP contribution >= 0.6 is 34.8 Å². The van der Waals surface area contributed by atoms with Gasteiger partial charge in [0.1, 0.15) is 11.8 Å². The van der Waals surface area contributed by atoms with Crippen molar-refractivity contribution in [1.82, 2.24) is 15.1 Å². The Morgan fingerprint density at radius 3 is 2.31 bits per heavy atom. The lowest BCUT2D eigenvalue weighted by Gasteiger charge is -2.39. The molecule has 10 heteroatoms. The van der Waals surface area contributed by atoms with Crippen LogP contribution in [-0.2, 0) is 0 Å². The maximum absolute atomic E-state index is 6.63. The minimum absolute atomic E-state index is 0.297. The molecule has 0 aliphatic carbocycles. The number of benzene rings is 3.